The number of carbonyl (C=O) groups excluding carboxylic acids is 2. The molecule has 7 nitrogen and oxygen atoms in total. The summed E-state index contributed by atoms with van der Waals surface area (Å²) in [6.07, 6.45) is 2.17. The first-order valence-corrected chi connectivity index (χ1v) is 7.95. The number of aryl methyl sites for hydroxylation is 2. The zero-order valence-electron chi connectivity index (χ0n) is 14.6. The molecule has 0 aliphatic carbocycles. The van der Waals surface area contributed by atoms with Crippen molar-refractivity contribution in [1.29, 1.82) is 0 Å². The van der Waals surface area contributed by atoms with E-state index in [0.29, 0.717) is 31.7 Å². The van der Waals surface area contributed by atoms with Crippen LogP contribution in [0.3, 0.4) is 0 Å². The molecule has 128 valence electrons. The van der Waals surface area contributed by atoms with E-state index in [-0.39, 0.29) is 12.0 Å². The molecule has 23 heavy (non-hydrogen) atoms. The SMILES string of the molecule is Cc1nn(C)cc1C(=O)N1CCCN(C(=O)OC(C)(C)C)CC1. The highest BCUT2D eigenvalue weighted by Crippen LogP contribution is 2.14. The summed E-state index contributed by atoms with van der Waals surface area (Å²) < 4.78 is 7.05. The van der Waals surface area contributed by atoms with Gasteiger partial charge in [0.15, 0.2) is 0 Å². The molecule has 2 rings (SSSR count). The minimum atomic E-state index is -0.508. The summed E-state index contributed by atoms with van der Waals surface area (Å²) >= 11 is 0. The molecule has 0 N–H and O–H groups in total. The number of hydrogen-bond donors (Lipinski definition) is 0. The summed E-state index contributed by atoms with van der Waals surface area (Å²) in [4.78, 5) is 28.2. The molecule has 1 saturated heterocycles. The Balaban J connectivity index is 2.00. The van der Waals surface area contributed by atoms with E-state index in [1.54, 1.807) is 27.7 Å². The molecule has 1 aromatic heterocycles. The van der Waals surface area contributed by atoms with E-state index in [9.17, 15) is 9.59 Å². The maximum atomic E-state index is 12.6. The highest BCUT2D eigenvalue weighted by atomic mass is 16.6. The maximum Gasteiger partial charge on any atom is 0.410 e. The van der Waals surface area contributed by atoms with Gasteiger partial charge in [-0.1, -0.05) is 0 Å². The van der Waals surface area contributed by atoms with Crippen molar-refractivity contribution in [2.45, 2.75) is 39.7 Å². The minimum Gasteiger partial charge on any atom is -0.444 e. The lowest BCUT2D eigenvalue weighted by Crippen LogP contribution is -2.40. The Bertz CT molecular complexity index is 589. The fourth-order valence-electron chi connectivity index (χ4n) is 2.61. The molecule has 0 bridgehead atoms. The van der Waals surface area contributed by atoms with Gasteiger partial charge >= 0.3 is 6.09 Å². The molecule has 1 fully saturated rings. The Morgan fingerprint density at radius 2 is 1.74 bits per heavy atom. The zero-order chi connectivity index (χ0) is 17.2. The molecule has 0 spiro atoms. The number of amides is 2. The molecule has 0 unspecified atom stereocenters. The summed E-state index contributed by atoms with van der Waals surface area (Å²) in [6.45, 7) is 9.61. The first-order chi connectivity index (χ1) is 10.7. The monoisotopic (exact) mass is 322 g/mol. The smallest absolute Gasteiger partial charge is 0.410 e. The van der Waals surface area contributed by atoms with Crippen molar-refractivity contribution in [3.8, 4) is 0 Å². The fraction of sp³-hybridized carbons (Fsp3) is 0.688. The molecule has 0 saturated carbocycles. The molecular formula is C16H26N4O3. The van der Waals surface area contributed by atoms with Gasteiger partial charge < -0.3 is 14.5 Å². The highest BCUT2D eigenvalue weighted by Gasteiger charge is 2.27. The van der Waals surface area contributed by atoms with Crippen molar-refractivity contribution in [2.75, 3.05) is 26.2 Å². The van der Waals surface area contributed by atoms with Crippen molar-refractivity contribution in [1.82, 2.24) is 19.6 Å². The lowest BCUT2D eigenvalue weighted by Gasteiger charge is -2.26. The third kappa shape index (κ3) is 4.46. The Labute approximate surface area is 137 Å². The zero-order valence-corrected chi connectivity index (χ0v) is 14.6. The van der Waals surface area contributed by atoms with Crippen LogP contribution in [0.1, 0.15) is 43.2 Å². The average molecular weight is 322 g/mol. The molecule has 0 atom stereocenters. The van der Waals surface area contributed by atoms with E-state index in [1.165, 1.54) is 0 Å². The number of rotatable bonds is 1. The van der Waals surface area contributed by atoms with Crippen LogP contribution in [-0.2, 0) is 11.8 Å². The first-order valence-electron chi connectivity index (χ1n) is 7.95. The van der Waals surface area contributed by atoms with E-state index >= 15 is 0 Å². The van der Waals surface area contributed by atoms with Gasteiger partial charge in [0.05, 0.1) is 11.3 Å². The average Bonchev–Trinajstić information content (AvgIpc) is 2.64. The van der Waals surface area contributed by atoms with Gasteiger partial charge in [-0.3, -0.25) is 9.48 Å². The van der Waals surface area contributed by atoms with Gasteiger partial charge in [0.2, 0.25) is 0 Å². The van der Waals surface area contributed by atoms with Crippen LogP contribution in [0.15, 0.2) is 6.20 Å². The van der Waals surface area contributed by atoms with Crippen LogP contribution in [-0.4, -0.2) is 63.4 Å². The van der Waals surface area contributed by atoms with Crippen molar-refractivity contribution in [3.05, 3.63) is 17.5 Å². The lowest BCUT2D eigenvalue weighted by atomic mass is 10.2. The quantitative estimate of drug-likeness (QED) is 0.791. The normalized spacial score (nSPS) is 16.2. The topological polar surface area (TPSA) is 67.7 Å². The third-order valence-electron chi connectivity index (χ3n) is 3.68. The van der Waals surface area contributed by atoms with Gasteiger partial charge in [0.25, 0.3) is 5.91 Å². The van der Waals surface area contributed by atoms with Gasteiger partial charge in [-0.25, -0.2) is 4.79 Å². The van der Waals surface area contributed by atoms with Gasteiger partial charge in [-0.15, -0.1) is 0 Å². The van der Waals surface area contributed by atoms with E-state index in [1.807, 2.05) is 27.7 Å². The van der Waals surface area contributed by atoms with Crippen LogP contribution in [0.5, 0.6) is 0 Å². The second-order valence-electron chi connectivity index (χ2n) is 6.91. The first kappa shape index (κ1) is 17.3. The largest absolute Gasteiger partial charge is 0.444 e. The summed E-state index contributed by atoms with van der Waals surface area (Å²) in [6, 6.07) is 0. The maximum absolute atomic E-state index is 12.6. The highest BCUT2D eigenvalue weighted by molar-refractivity contribution is 5.95. The lowest BCUT2D eigenvalue weighted by molar-refractivity contribution is 0.0255. The Kier molecular flexibility index (Phi) is 4.97. The van der Waals surface area contributed by atoms with Gasteiger partial charge in [-0.05, 0) is 34.1 Å². The molecular weight excluding hydrogens is 296 g/mol. The summed E-state index contributed by atoms with van der Waals surface area (Å²) in [5, 5.41) is 4.22. The van der Waals surface area contributed by atoms with Gasteiger partial charge in [-0.2, -0.15) is 5.10 Å². The number of aromatic nitrogens is 2. The van der Waals surface area contributed by atoms with Crippen LogP contribution in [0, 0.1) is 6.92 Å². The molecule has 2 heterocycles. The minimum absolute atomic E-state index is 0.0263. The Morgan fingerprint density at radius 1 is 1.13 bits per heavy atom. The molecule has 1 aliphatic heterocycles. The Hall–Kier alpha value is -2.05. The molecule has 0 aromatic carbocycles. The fourth-order valence-corrected chi connectivity index (χ4v) is 2.61. The van der Waals surface area contributed by atoms with E-state index in [4.69, 9.17) is 4.74 Å². The summed E-state index contributed by atoms with van der Waals surface area (Å²) in [5.41, 5.74) is 0.843. The van der Waals surface area contributed by atoms with Gasteiger partial charge in [0.1, 0.15) is 5.60 Å². The molecule has 2 amide bonds. The molecule has 1 aliphatic rings. The number of nitrogens with zero attached hydrogens (tertiary/aromatic N) is 4. The van der Waals surface area contributed by atoms with Crippen LogP contribution in [0.2, 0.25) is 0 Å². The van der Waals surface area contributed by atoms with Crippen LogP contribution >= 0.6 is 0 Å². The number of hydrogen-bond acceptors (Lipinski definition) is 4. The van der Waals surface area contributed by atoms with Crippen molar-refractivity contribution >= 4 is 12.0 Å². The Morgan fingerprint density at radius 3 is 2.30 bits per heavy atom. The van der Waals surface area contributed by atoms with Crippen LogP contribution < -0.4 is 0 Å². The summed E-state index contributed by atoms with van der Waals surface area (Å²) in [5.74, 6) is -0.0263. The van der Waals surface area contributed by atoms with Crippen LogP contribution in [0.25, 0.3) is 0 Å². The van der Waals surface area contributed by atoms with Crippen molar-refractivity contribution in [2.24, 2.45) is 7.05 Å². The summed E-state index contributed by atoms with van der Waals surface area (Å²) in [7, 11) is 1.80. The standard InChI is InChI=1S/C16H26N4O3/c1-12-13(11-18(5)17-12)14(21)19-7-6-8-20(10-9-19)15(22)23-16(2,3)4/h11H,6-10H2,1-5H3. The number of carbonyl (C=O) groups is 2. The van der Waals surface area contributed by atoms with E-state index < -0.39 is 5.60 Å². The molecule has 0 radical (unpaired) electrons. The number of ether oxygens (including phenoxy) is 1. The predicted octanol–water partition coefficient (Wildman–Crippen LogP) is 1.81. The molecule has 1 aromatic rings. The van der Waals surface area contributed by atoms with Crippen molar-refractivity contribution < 1.29 is 14.3 Å². The second-order valence-corrected chi connectivity index (χ2v) is 6.91. The third-order valence-corrected chi connectivity index (χ3v) is 3.68. The van der Waals surface area contributed by atoms with E-state index in [0.717, 1.165) is 12.1 Å². The second kappa shape index (κ2) is 6.60. The van der Waals surface area contributed by atoms with E-state index in [2.05, 4.69) is 5.10 Å². The molecule has 7 heteroatoms. The van der Waals surface area contributed by atoms with Crippen LogP contribution in [0.4, 0.5) is 4.79 Å². The predicted molar refractivity (Wildman–Crippen MR) is 86.3 cm³/mol. The van der Waals surface area contributed by atoms with Gasteiger partial charge in [0, 0.05) is 39.4 Å². The van der Waals surface area contributed by atoms with Crippen molar-refractivity contribution in [3.63, 3.8) is 0 Å².